The van der Waals surface area contributed by atoms with Crippen molar-refractivity contribution in [1.29, 1.82) is 0 Å². The lowest BCUT2D eigenvalue weighted by Gasteiger charge is -2.53. The van der Waals surface area contributed by atoms with Crippen LogP contribution in [-0.4, -0.2) is 53.4 Å². The Kier molecular flexibility index (Phi) is 9.57. The van der Waals surface area contributed by atoms with Crippen molar-refractivity contribution in [3.05, 3.63) is 82.9 Å². The standard InChI is InChI=1S/C32H48N4Si/c1-23(2)33-31(29-17-13-11-14-18-29)35(25(5)6)37(21-27(9)28(10)22-37)36(26(7)8)32(34-24(3)4)30-19-15-12-16-20-30/h11-20,23-26H,21-22H2,1-10H3. The highest BCUT2D eigenvalue weighted by Gasteiger charge is 2.54. The molecule has 200 valence electrons. The summed E-state index contributed by atoms with van der Waals surface area (Å²) in [6.45, 7) is 22.8. The number of nitrogens with zero attached hydrogens (tertiary/aromatic N) is 4. The van der Waals surface area contributed by atoms with E-state index in [0.29, 0.717) is 12.1 Å². The lowest BCUT2D eigenvalue weighted by atomic mass is 10.2. The van der Waals surface area contributed by atoms with Crippen LogP contribution in [0.5, 0.6) is 0 Å². The summed E-state index contributed by atoms with van der Waals surface area (Å²) in [6, 6.07) is 24.8. The summed E-state index contributed by atoms with van der Waals surface area (Å²) in [5.41, 5.74) is 5.45. The van der Waals surface area contributed by atoms with Crippen LogP contribution in [0.25, 0.3) is 0 Å². The molecule has 0 aliphatic carbocycles. The Morgan fingerprint density at radius 1 is 0.595 bits per heavy atom. The molecule has 1 aliphatic rings. The van der Waals surface area contributed by atoms with Crippen molar-refractivity contribution in [2.45, 2.75) is 105 Å². The molecule has 0 amide bonds. The Morgan fingerprint density at radius 2 is 0.919 bits per heavy atom. The molecule has 0 radical (unpaired) electrons. The molecule has 2 aromatic carbocycles. The molecule has 0 unspecified atom stereocenters. The van der Waals surface area contributed by atoms with Gasteiger partial charge in [-0.3, -0.25) is 9.98 Å². The second-order valence-corrected chi connectivity index (χ2v) is 15.3. The van der Waals surface area contributed by atoms with Crippen LogP contribution in [-0.2, 0) is 0 Å². The highest BCUT2D eigenvalue weighted by atomic mass is 28.3. The highest BCUT2D eigenvalue weighted by Crippen LogP contribution is 2.43. The molecule has 1 heterocycles. The molecule has 0 N–H and O–H groups in total. The van der Waals surface area contributed by atoms with E-state index in [-0.39, 0.29) is 12.1 Å². The highest BCUT2D eigenvalue weighted by molar-refractivity contribution is 6.81. The zero-order chi connectivity index (χ0) is 27.3. The Morgan fingerprint density at radius 3 is 1.19 bits per heavy atom. The molecular formula is C32H48N4Si. The van der Waals surface area contributed by atoms with Crippen molar-refractivity contribution in [2.24, 2.45) is 9.98 Å². The SMILES string of the molecule is CC1=C(C)C[Si](N(C(=NC(C)C)c2ccccc2)C(C)C)(N(C(=NC(C)C)c2ccccc2)C(C)C)C1. The molecule has 0 bridgehead atoms. The van der Waals surface area contributed by atoms with Gasteiger partial charge in [0.1, 0.15) is 11.7 Å². The molecule has 5 heteroatoms. The van der Waals surface area contributed by atoms with Gasteiger partial charge in [-0.05, 0) is 69.2 Å². The molecule has 3 rings (SSSR count). The van der Waals surface area contributed by atoms with Crippen LogP contribution in [0.2, 0.25) is 12.1 Å². The van der Waals surface area contributed by atoms with E-state index in [1.54, 1.807) is 0 Å². The normalized spacial score (nSPS) is 16.5. The third-order valence-electron chi connectivity index (χ3n) is 7.04. The van der Waals surface area contributed by atoms with Crippen LogP contribution in [0.1, 0.15) is 80.4 Å². The van der Waals surface area contributed by atoms with Crippen molar-refractivity contribution < 1.29 is 0 Å². The topological polar surface area (TPSA) is 31.2 Å². The van der Waals surface area contributed by atoms with Gasteiger partial charge in [0.25, 0.3) is 8.40 Å². The van der Waals surface area contributed by atoms with Crippen LogP contribution in [0.15, 0.2) is 81.8 Å². The van der Waals surface area contributed by atoms with Gasteiger partial charge in [0.2, 0.25) is 0 Å². The maximum atomic E-state index is 5.34. The van der Waals surface area contributed by atoms with Gasteiger partial charge in [0.15, 0.2) is 0 Å². The molecular weight excluding hydrogens is 468 g/mol. The van der Waals surface area contributed by atoms with Crippen molar-refractivity contribution in [1.82, 2.24) is 9.13 Å². The van der Waals surface area contributed by atoms with Crippen molar-refractivity contribution in [3.63, 3.8) is 0 Å². The minimum absolute atomic E-state index is 0.199. The minimum atomic E-state index is -2.44. The number of hydrogen-bond donors (Lipinski definition) is 0. The summed E-state index contributed by atoms with van der Waals surface area (Å²) in [5, 5.41) is 0. The fraction of sp³-hybridized carbons (Fsp3) is 0.500. The number of amidine groups is 2. The first kappa shape index (κ1) is 28.9. The van der Waals surface area contributed by atoms with Gasteiger partial charge < -0.3 is 9.13 Å². The summed E-state index contributed by atoms with van der Waals surface area (Å²) >= 11 is 0. The van der Waals surface area contributed by atoms with Gasteiger partial charge in [-0.15, -0.1) is 0 Å². The van der Waals surface area contributed by atoms with Crippen LogP contribution < -0.4 is 0 Å². The second kappa shape index (κ2) is 12.3. The molecule has 0 saturated carbocycles. The minimum Gasteiger partial charge on any atom is -0.363 e. The summed E-state index contributed by atoms with van der Waals surface area (Å²) in [6.07, 6.45) is 0. The maximum absolute atomic E-state index is 5.34. The molecule has 0 aromatic heterocycles. The predicted octanol–water partition coefficient (Wildman–Crippen LogP) is 7.91. The fourth-order valence-corrected chi connectivity index (χ4v) is 12.2. The summed E-state index contributed by atoms with van der Waals surface area (Å²) in [5.74, 6) is 2.25. The van der Waals surface area contributed by atoms with Gasteiger partial charge in [-0.1, -0.05) is 71.8 Å². The van der Waals surface area contributed by atoms with Gasteiger partial charge in [0, 0.05) is 47.4 Å². The van der Waals surface area contributed by atoms with E-state index in [2.05, 4.69) is 139 Å². The number of rotatable bonds is 8. The number of aliphatic imine (C=N–C) groups is 2. The average Bonchev–Trinajstić information content (AvgIpc) is 3.12. The van der Waals surface area contributed by atoms with E-state index in [9.17, 15) is 0 Å². The fourth-order valence-electron chi connectivity index (χ4n) is 5.73. The molecule has 0 fully saturated rings. The van der Waals surface area contributed by atoms with E-state index >= 15 is 0 Å². The van der Waals surface area contributed by atoms with Gasteiger partial charge >= 0.3 is 0 Å². The first-order valence-corrected chi connectivity index (χ1v) is 16.3. The molecule has 0 atom stereocenters. The molecule has 37 heavy (non-hydrogen) atoms. The Balaban J connectivity index is 2.36. The second-order valence-electron chi connectivity index (χ2n) is 11.6. The maximum Gasteiger partial charge on any atom is 0.275 e. The van der Waals surface area contributed by atoms with Crippen molar-refractivity contribution in [3.8, 4) is 0 Å². The number of hydrogen-bond acceptors (Lipinski definition) is 2. The van der Waals surface area contributed by atoms with Crippen LogP contribution in [0.4, 0.5) is 0 Å². The first-order valence-electron chi connectivity index (χ1n) is 14.0. The monoisotopic (exact) mass is 516 g/mol. The van der Waals surface area contributed by atoms with Gasteiger partial charge in [-0.2, -0.15) is 0 Å². The van der Waals surface area contributed by atoms with Crippen LogP contribution >= 0.6 is 0 Å². The summed E-state index contributed by atoms with van der Waals surface area (Å²) in [4.78, 5) is 10.7. The Labute approximate surface area is 227 Å². The Hall–Kier alpha value is -2.66. The number of allylic oxidation sites excluding steroid dienone is 2. The predicted molar refractivity (Wildman–Crippen MR) is 164 cm³/mol. The molecule has 2 aromatic rings. The van der Waals surface area contributed by atoms with Crippen molar-refractivity contribution in [2.75, 3.05) is 0 Å². The third kappa shape index (κ3) is 6.43. The molecule has 0 saturated heterocycles. The average molecular weight is 517 g/mol. The quantitative estimate of drug-likeness (QED) is 0.154. The van der Waals surface area contributed by atoms with Crippen LogP contribution in [0.3, 0.4) is 0 Å². The largest absolute Gasteiger partial charge is 0.363 e. The zero-order valence-electron chi connectivity index (χ0n) is 24.8. The smallest absolute Gasteiger partial charge is 0.275 e. The van der Waals surface area contributed by atoms with Crippen LogP contribution in [0, 0.1) is 0 Å². The van der Waals surface area contributed by atoms with Gasteiger partial charge in [-0.25, -0.2) is 0 Å². The van der Waals surface area contributed by atoms with E-state index in [1.807, 2.05) is 0 Å². The number of benzene rings is 2. The van der Waals surface area contributed by atoms with E-state index in [4.69, 9.17) is 9.98 Å². The molecule has 0 spiro atoms. The molecule has 1 aliphatic heterocycles. The van der Waals surface area contributed by atoms with E-state index in [1.165, 1.54) is 22.3 Å². The summed E-state index contributed by atoms with van der Waals surface area (Å²) in [7, 11) is -2.44. The lowest BCUT2D eigenvalue weighted by molar-refractivity contribution is 0.399. The van der Waals surface area contributed by atoms with Crippen molar-refractivity contribution >= 4 is 20.1 Å². The zero-order valence-corrected chi connectivity index (χ0v) is 25.8. The van der Waals surface area contributed by atoms with E-state index < -0.39 is 8.40 Å². The van der Waals surface area contributed by atoms with Gasteiger partial charge in [0.05, 0.1) is 0 Å². The Bertz CT molecular complexity index is 1020. The summed E-state index contributed by atoms with van der Waals surface area (Å²) < 4.78 is 5.50. The third-order valence-corrected chi connectivity index (χ3v) is 12.5. The lowest BCUT2D eigenvalue weighted by Crippen LogP contribution is -2.71. The van der Waals surface area contributed by atoms with E-state index in [0.717, 1.165) is 23.8 Å². The first-order chi connectivity index (χ1) is 17.5. The molecule has 4 nitrogen and oxygen atoms in total.